The molecule has 0 fully saturated rings. The largest absolute Gasteiger partial charge is 0.481 e. The number of amides is 1. The van der Waals surface area contributed by atoms with E-state index < -0.39 is 11.9 Å². The van der Waals surface area contributed by atoms with Crippen LogP contribution in [0.25, 0.3) is 0 Å². The summed E-state index contributed by atoms with van der Waals surface area (Å²) < 4.78 is 25.9. The zero-order chi connectivity index (χ0) is 20.9. The summed E-state index contributed by atoms with van der Waals surface area (Å²) in [6.45, 7) is 7.32. The summed E-state index contributed by atoms with van der Waals surface area (Å²) in [5.74, 6) is -1.73. The van der Waals surface area contributed by atoms with Gasteiger partial charge in [0.15, 0.2) is 0 Å². The molecule has 162 valence electrons. The van der Waals surface area contributed by atoms with Crippen LogP contribution in [0.3, 0.4) is 0 Å². The highest BCUT2D eigenvalue weighted by Gasteiger charge is 2.04. The minimum absolute atomic E-state index is 0.0105. The third kappa shape index (κ3) is 20.3. The van der Waals surface area contributed by atoms with Crippen molar-refractivity contribution in [1.29, 1.82) is 0 Å². The van der Waals surface area contributed by atoms with E-state index in [1.165, 1.54) is 0 Å². The van der Waals surface area contributed by atoms with Crippen LogP contribution >= 0.6 is 0 Å². The molecule has 0 radical (unpaired) electrons. The lowest BCUT2D eigenvalue weighted by atomic mass is 10.3. The number of ether oxygens (including phenoxy) is 5. The number of esters is 1. The lowest BCUT2D eigenvalue weighted by molar-refractivity contribution is -0.139. The Hall–Kier alpha value is -2.01. The monoisotopic (exact) mass is 405 g/mol. The molecule has 1 amide bonds. The fraction of sp³-hybridized carbons (Fsp3) is 0.722. The Labute approximate surface area is 165 Å². The van der Waals surface area contributed by atoms with Crippen molar-refractivity contribution in [3.05, 3.63) is 12.7 Å². The Bertz CT molecular complexity index is 443. The molecule has 10 nitrogen and oxygen atoms in total. The molecule has 0 heterocycles. The van der Waals surface area contributed by atoms with Gasteiger partial charge in [-0.15, -0.1) is 0 Å². The predicted molar refractivity (Wildman–Crippen MR) is 98.9 cm³/mol. The van der Waals surface area contributed by atoms with Crippen LogP contribution in [0, 0.1) is 0 Å². The van der Waals surface area contributed by atoms with Crippen molar-refractivity contribution < 1.29 is 43.2 Å². The summed E-state index contributed by atoms with van der Waals surface area (Å²) >= 11 is 0. The second kappa shape index (κ2) is 19.7. The van der Waals surface area contributed by atoms with Crippen molar-refractivity contribution in [3.8, 4) is 0 Å². The number of rotatable bonds is 20. The molecule has 0 aromatic heterocycles. The topological polar surface area (TPSA) is 130 Å². The minimum atomic E-state index is -0.985. The summed E-state index contributed by atoms with van der Waals surface area (Å²) in [4.78, 5) is 32.3. The Morgan fingerprint density at radius 1 is 0.786 bits per heavy atom. The number of carboxylic acids is 1. The molecule has 0 aliphatic carbocycles. The van der Waals surface area contributed by atoms with Crippen molar-refractivity contribution in [2.75, 3.05) is 66.0 Å². The van der Waals surface area contributed by atoms with Gasteiger partial charge in [0.1, 0.15) is 6.61 Å². The summed E-state index contributed by atoms with van der Waals surface area (Å²) in [7, 11) is 0. The standard InChI is InChI=1S/C18H31NO9/c1-2-18(23)28-15-14-27-13-12-26-11-10-25-9-8-24-7-3-6-19-16(20)4-5-17(21)22/h2H,1,3-15H2,(H,19,20)(H,21,22). The number of nitrogens with one attached hydrogen (secondary N) is 1. The second-order valence-corrected chi connectivity index (χ2v) is 5.42. The molecule has 0 aliphatic heterocycles. The van der Waals surface area contributed by atoms with Gasteiger partial charge in [0, 0.05) is 25.6 Å². The molecule has 0 aromatic carbocycles. The van der Waals surface area contributed by atoms with Gasteiger partial charge in [-0.3, -0.25) is 9.59 Å². The molecule has 0 spiro atoms. The predicted octanol–water partition coefficient (Wildman–Crippen LogP) is 0.153. The van der Waals surface area contributed by atoms with E-state index in [0.717, 1.165) is 6.08 Å². The maximum atomic E-state index is 11.3. The first-order chi connectivity index (χ1) is 13.6. The molecule has 28 heavy (non-hydrogen) atoms. The molecular weight excluding hydrogens is 374 g/mol. The molecule has 0 aromatic rings. The minimum Gasteiger partial charge on any atom is -0.481 e. The lowest BCUT2D eigenvalue weighted by Gasteiger charge is -2.08. The molecule has 10 heteroatoms. The number of carbonyl (C=O) groups excluding carboxylic acids is 2. The van der Waals surface area contributed by atoms with Crippen LogP contribution in [-0.2, 0) is 38.1 Å². The number of aliphatic carboxylic acids is 1. The molecule has 0 unspecified atom stereocenters. The average molecular weight is 405 g/mol. The van der Waals surface area contributed by atoms with Crippen LogP contribution in [0.2, 0.25) is 0 Å². The van der Waals surface area contributed by atoms with Gasteiger partial charge >= 0.3 is 11.9 Å². The molecule has 0 saturated heterocycles. The van der Waals surface area contributed by atoms with Crippen molar-refractivity contribution in [3.63, 3.8) is 0 Å². The summed E-state index contributed by atoms with van der Waals surface area (Å²) in [5.41, 5.74) is 0. The Morgan fingerprint density at radius 3 is 1.79 bits per heavy atom. The first-order valence-corrected chi connectivity index (χ1v) is 9.15. The van der Waals surface area contributed by atoms with Crippen molar-refractivity contribution in [2.45, 2.75) is 19.3 Å². The van der Waals surface area contributed by atoms with E-state index in [4.69, 9.17) is 28.8 Å². The maximum Gasteiger partial charge on any atom is 0.330 e. The Balaban J connectivity index is 3.14. The van der Waals surface area contributed by atoms with Gasteiger partial charge in [-0.2, -0.15) is 0 Å². The van der Waals surface area contributed by atoms with Gasteiger partial charge in [-0.25, -0.2) is 4.79 Å². The van der Waals surface area contributed by atoms with E-state index in [0.29, 0.717) is 65.8 Å². The van der Waals surface area contributed by atoms with Gasteiger partial charge in [-0.05, 0) is 6.42 Å². The zero-order valence-electron chi connectivity index (χ0n) is 16.2. The molecule has 2 N–H and O–H groups in total. The summed E-state index contributed by atoms with van der Waals surface area (Å²) in [6.07, 6.45) is 1.57. The lowest BCUT2D eigenvalue weighted by Crippen LogP contribution is -2.25. The zero-order valence-corrected chi connectivity index (χ0v) is 16.2. The molecule has 0 bridgehead atoms. The highest BCUT2D eigenvalue weighted by atomic mass is 16.6. The average Bonchev–Trinajstić information content (AvgIpc) is 2.68. The van der Waals surface area contributed by atoms with Crippen LogP contribution in [-0.4, -0.2) is 89.0 Å². The van der Waals surface area contributed by atoms with E-state index in [1.54, 1.807) is 0 Å². The van der Waals surface area contributed by atoms with E-state index in [1.807, 2.05) is 0 Å². The second-order valence-electron chi connectivity index (χ2n) is 5.42. The van der Waals surface area contributed by atoms with Gasteiger partial charge in [-0.1, -0.05) is 6.58 Å². The maximum absolute atomic E-state index is 11.3. The van der Waals surface area contributed by atoms with Crippen molar-refractivity contribution in [1.82, 2.24) is 5.32 Å². The summed E-state index contributed by atoms with van der Waals surface area (Å²) in [5, 5.41) is 11.1. The van der Waals surface area contributed by atoms with Crippen molar-refractivity contribution in [2.24, 2.45) is 0 Å². The fourth-order valence-electron chi connectivity index (χ4n) is 1.73. The Morgan fingerprint density at radius 2 is 1.29 bits per heavy atom. The fourth-order valence-corrected chi connectivity index (χ4v) is 1.73. The molecule has 0 atom stereocenters. The molecular formula is C18H31NO9. The van der Waals surface area contributed by atoms with Crippen LogP contribution in [0.5, 0.6) is 0 Å². The molecule has 0 rings (SSSR count). The van der Waals surface area contributed by atoms with Crippen LogP contribution in [0.15, 0.2) is 12.7 Å². The highest BCUT2D eigenvalue weighted by molar-refractivity contribution is 5.81. The number of carboxylic acid groups (broad SMARTS) is 1. The Kier molecular flexibility index (Phi) is 18.3. The third-order valence-corrected chi connectivity index (χ3v) is 3.11. The van der Waals surface area contributed by atoms with Crippen LogP contribution < -0.4 is 5.32 Å². The number of hydrogen-bond donors (Lipinski definition) is 2. The van der Waals surface area contributed by atoms with Gasteiger partial charge in [0.2, 0.25) is 5.91 Å². The van der Waals surface area contributed by atoms with Gasteiger partial charge in [0.05, 0.1) is 52.7 Å². The van der Waals surface area contributed by atoms with E-state index >= 15 is 0 Å². The smallest absolute Gasteiger partial charge is 0.330 e. The van der Waals surface area contributed by atoms with E-state index in [9.17, 15) is 14.4 Å². The SMILES string of the molecule is C=CC(=O)OCCOCCOCCOCCOCCCNC(=O)CCC(=O)O. The van der Waals surface area contributed by atoms with Gasteiger partial charge < -0.3 is 34.1 Å². The van der Waals surface area contributed by atoms with Crippen molar-refractivity contribution >= 4 is 17.8 Å². The molecule has 0 saturated carbocycles. The van der Waals surface area contributed by atoms with Gasteiger partial charge in [0.25, 0.3) is 0 Å². The normalized spacial score (nSPS) is 10.4. The highest BCUT2D eigenvalue weighted by Crippen LogP contribution is 1.89. The first kappa shape index (κ1) is 26.0. The van der Waals surface area contributed by atoms with Crippen LogP contribution in [0.1, 0.15) is 19.3 Å². The molecule has 0 aliphatic rings. The quantitative estimate of drug-likeness (QED) is 0.165. The first-order valence-electron chi connectivity index (χ1n) is 9.15. The number of carbonyl (C=O) groups is 3. The number of hydrogen-bond acceptors (Lipinski definition) is 8. The third-order valence-electron chi connectivity index (χ3n) is 3.11. The van der Waals surface area contributed by atoms with E-state index in [2.05, 4.69) is 11.9 Å². The summed E-state index contributed by atoms with van der Waals surface area (Å²) in [6, 6.07) is 0. The van der Waals surface area contributed by atoms with E-state index in [-0.39, 0.29) is 25.4 Å². The van der Waals surface area contributed by atoms with Crippen LogP contribution in [0.4, 0.5) is 0 Å².